The van der Waals surface area contributed by atoms with Gasteiger partial charge in [-0.1, -0.05) is 12.1 Å². The number of halogens is 1. The van der Waals surface area contributed by atoms with E-state index in [0.29, 0.717) is 23.0 Å². The van der Waals surface area contributed by atoms with E-state index >= 15 is 0 Å². The zero-order valence-electron chi connectivity index (χ0n) is 11.3. The van der Waals surface area contributed by atoms with Crippen LogP contribution in [0.15, 0.2) is 47.6 Å². The van der Waals surface area contributed by atoms with Gasteiger partial charge in [-0.2, -0.15) is 0 Å². The lowest BCUT2D eigenvalue weighted by atomic mass is 10.1. The van der Waals surface area contributed by atoms with Gasteiger partial charge in [0.15, 0.2) is 0 Å². The third-order valence-corrected chi connectivity index (χ3v) is 3.90. The maximum absolute atomic E-state index is 13.5. The zero-order chi connectivity index (χ0) is 14.4. The molecule has 106 valence electrons. The number of nitrogens with two attached hydrogens (primary N) is 1. The monoisotopic (exact) mass is 292 g/mol. The van der Waals surface area contributed by atoms with Crippen LogP contribution < -0.4 is 10.5 Å². The maximum Gasteiger partial charge on any atom is 0.137 e. The third kappa shape index (κ3) is 3.95. The molecule has 5 heteroatoms. The lowest BCUT2D eigenvalue weighted by Crippen LogP contribution is -2.13. The van der Waals surface area contributed by atoms with Crippen LogP contribution in [0.25, 0.3) is 0 Å². The Hall–Kier alpha value is -1.59. The summed E-state index contributed by atoms with van der Waals surface area (Å²) in [4.78, 5) is 4.72. The molecule has 0 aliphatic heterocycles. The van der Waals surface area contributed by atoms with Crippen LogP contribution in [0.3, 0.4) is 0 Å². The molecule has 0 aliphatic rings. The highest BCUT2D eigenvalue weighted by Gasteiger charge is 2.10. The normalized spacial score (nSPS) is 12.2. The van der Waals surface area contributed by atoms with E-state index < -0.39 is 0 Å². The highest BCUT2D eigenvalue weighted by molar-refractivity contribution is 7.99. The Balaban J connectivity index is 1.99. The zero-order valence-corrected chi connectivity index (χ0v) is 12.1. The second-order valence-corrected chi connectivity index (χ2v) is 5.30. The number of rotatable bonds is 6. The standard InChI is InChI=1S/C15H17FN2OS/c1-2-19-12-7-11(8-18-9-12)14(17)10-20-15-6-4-3-5-13(15)16/h3-9,14H,2,10,17H2,1H3. The van der Waals surface area contributed by atoms with Crippen molar-refractivity contribution in [2.75, 3.05) is 12.4 Å². The van der Waals surface area contributed by atoms with Crippen LogP contribution in [-0.2, 0) is 0 Å². The quantitative estimate of drug-likeness (QED) is 0.829. The molecule has 0 radical (unpaired) electrons. The van der Waals surface area contributed by atoms with Crippen molar-refractivity contribution >= 4 is 11.8 Å². The van der Waals surface area contributed by atoms with Crippen LogP contribution in [0.1, 0.15) is 18.5 Å². The maximum atomic E-state index is 13.5. The minimum atomic E-state index is -0.217. The van der Waals surface area contributed by atoms with Gasteiger partial charge in [-0.25, -0.2) is 4.39 Å². The van der Waals surface area contributed by atoms with Gasteiger partial charge in [0.2, 0.25) is 0 Å². The molecule has 20 heavy (non-hydrogen) atoms. The summed E-state index contributed by atoms with van der Waals surface area (Å²) in [6, 6.07) is 8.35. The molecule has 0 saturated carbocycles. The van der Waals surface area contributed by atoms with Crippen LogP contribution in [0, 0.1) is 5.82 Å². The van der Waals surface area contributed by atoms with Crippen LogP contribution in [0.4, 0.5) is 4.39 Å². The molecule has 0 fully saturated rings. The summed E-state index contributed by atoms with van der Waals surface area (Å²) in [5.41, 5.74) is 7.01. The van der Waals surface area contributed by atoms with E-state index in [9.17, 15) is 4.39 Å². The number of hydrogen-bond acceptors (Lipinski definition) is 4. The van der Waals surface area contributed by atoms with Crippen LogP contribution >= 0.6 is 11.8 Å². The van der Waals surface area contributed by atoms with Crippen molar-refractivity contribution in [1.29, 1.82) is 0 Å². The molecule has 1 atom stereocenters. The minimum Gasteiger partial charge on any atom is -0.492 e. The number of thioether (sulfide) groups is 1. The molecular weight excluding hydrogens is 275 g/mol. The fourth-order valence-corrected chi connectivity index (χ4v) is 2.65. The molecule has 2 rings (SSSR count). The first-order valence-corrected chi connectivity index (χ1v) is 7.40. The Bertz CT molecular complexity index is 565. The average Bonchev–Trinajstić information content (AvgIpc) is 2.47. The second-order valence-electron chi connectivity index (χ2n) is 4.23. The number of benzene rings is 1. The van der Waals surface area contributed by atoms with Crippen molar-refractivity contribution in [3.63, 3.8) is 0 Å². The van der Waals surface area contributed by atoms with Crippen LogP contribution in [-0.4, -0.2) is 17.3 Å². The molecule has 2 aromatic rings. The Morgan fingerprint density at radius 1 is 1.35 bits per heavy atom. The van der Waals surface area contributed by atoms with E-state index in [4.69, 9.17) is 10.5 Å². The summed E-state index contributed by atoms with van der Waals surface area (Å²) in [5, 5.41) is 0. The molecule has 1 unspecified atom stereocenters. The van der Waals surface area contributed by atoms with Crippen molar-refractivity contribution in [2.45, 2.75) is 17.9 Å². The van der Waals surface area contributed by atoms with Gasteiger partial charge in [0, 0.05) is 22.9 Å². The first-order valence-electron chi connectivity index (χ1n) is 6.41. The summed E-state index contributed by atoms with van der Waals surface area (Å²) in [5.74, 6) is 1.07. The third-order valence-electron chi connectivity index (χ3n) is 2.73. The van der Waals surface area contributed by atoms with Gasteiger partial charge in [0.1, 0.15) is 11.6 Å². The van der Waals surface area contributed by atoms with Crippen molar-refractivity contribution in [1.82, 2.24) is 4.98 Å². The van der Waals surface area contributed by atoms with Crippen molar-refractivity contribution in [3.8, 4) is 5.75 Å². The fourth-order valence-electron chi connectivity index (χ4n) is 1.72. The Morgan fingerprint density at radius 3 is 2.90 bits per heavy atom. The summed E-state index contributed by atoms with van der Waals surface area (Å²) < 4.78 is 18.9. The largest absolute Gasteiger partial charge is 0.492 e. The van der Waals surface area contributed by atoms with Gasteiger partial charge in [0.05, 0.1) is 12.8 Å². The first kappa shape index (κ1) is 14.8. The highest BCUT2D eigenvalue weighted by atomic mass is 32.2. The smallest absolute Gasteiger partial charge is 0.137 e. The number of pyridine rings is 1. The van der Waals surface area contributed by atoms with E-state index in [1.54, 1.807) is 24.5 Å². The van der Waals surface area contributed by atoms with Gasteiger partial charge in [-0.3, -0.25) is 4.98 Å². The van der Waals surface area contributed by atoms with Crippen molar-refractivity contribution in [3.05, 3.63) is 54.1 Å². The Morgan fingerprint density at radius 2 is 2.15 bits per heavy atom. The van der Waals surface area contributed by atoms with E-state index in [1.807, 2.05) is 19.1 Å². The molecule has 0 saturated heterocycles. The molecule has 1 aromatic heterocycles. The topological polar surface area (TPSA) is 48.1 Å². The molecular formula is C15H17FN2OS. The predicted molar refractivity (Wildman–Crippen MR) is 79.5 cm³/mol. The lowest BCUT2D eigenvalue weighted by Gasteiger charge is -2.13. The molecule has 1 heterocycles. The minimum absolute atomic E-state index is 0.215. The fraction of sp³-hybridized carbons (Fsp3) is 0.267. The SMILES string of the molecule is CCOc1cncc(C(N)CSc2ccccc2F)c1. The van der Waals surface area contributed by atoms with E-state index in [-0.39, 0.29) is 11.9 Å². The van der Waals surface area contributed by atoms with Gasteiger partial charge in [-0.15, -0.1) is 11.8 Å². The van der Waals surface area contributed by atoms with Gasteiger partial charge in [-0.05, 0) is 30.7 Å². The van der Waals surface area contributed by atoms with Crippen molar-refractivity contribution in [2.24, 2.45) is 5.73 Å². The average molecular weight is 292 g/mol. The Kier molecular flexibility index (Phi) is 5.38. The number of nitrogens with zero attached hydrogens (tertiary/aromatic N) is 1. The molecule has 0 bridgehead atoms. The lowest BCUT2D eigenvalue weighted by molar-refractivity contribution is 0.338. The van der Waals surface area contributed by atoms with Crippen molar-refractivity contribution < 1.29 is 9.13 Å². The second kappa shape index (κ2) is 7.26. The summed E-state index contributed by atoms with van der Waals surface area (Å²) in [7, 11) is 0. The molecule has 3 nitrogen and oxygen atoms in total. The van der Waals surface area contributed by atoms with E-state index in [0.717, 1.165) is 5.56 Å². The van der Waals surface area contributed by atoms with Gasteiger partial charge in [0.25, 0.3) is 0 Å². The summed E-state index contributed by atoms with van der Waals surface area (Å²) in [6.07, 6.45) is 3.37. The predicted octanol–water partition coefficient (Wildman–Crippen LogP) is 3.41. The van der Waals surface area contributed by atoms with Gasteiger partial charge >= 0.3 is 0 Å². The first-order chi connectivity index (χ1) is 9.70. The summed E-state index contributed by atoms with van der Waals surface area (Å²) in [6.45, 7) is 2.50. The number of hydrogen-bond donors (Lipinski definition) is 1. The molecule has 0 spiro atoms. The molecule has 0 amide bonds. The molecule has 0 aliphatic carbocycles. The van der Waals surface area contributed by atoms with Crippen LogP contribution in [0.2, 0.25) is 0 Å². The molecule has 2 N–H and O–H groups in total. The number of aromatic nitrogens is 1. The van der Waals surface area contributed by atoms with Gasteiger partial charge < -0.3 is 10.5 Å². The van der Waals surface area contributed by atoms with E-state index in [1.165, 1.54) is 17.8 Å². The van der Waals surface area contributed by atoms with E-state index in [2.05, 4.69) is 4.98 Å². The Labute approximate surface area is 122 Å². The van der Waals surface area contributed by atoms with Crippen LogP contribution in [0.5, 0.6) is 5.75 Å². The highest BCUT2D eigenvalue weighted by Crippen LogP contribution is 2.26. The number of ether oxygens (including phenoxy) is 1. The molecule has 1 aromatic carbocycles. The summed E-state index contributed by atoms with van der Waals surface area (Å²) >= 11 is 1.40.